The standard InChI is InChI=1S/C15H20ClN5/c1-3-10-17-14-18-13(16)19-15(20-14)21(2)11-9-12-7-5-4-6-8-12/h4-8H,3,9-11H2,1-2H3,(H,17,18,19,20). The van der Waals surface area contributed by atoms with E-state index >= 15 is 0 Å². The van der Waals surface area contributed by atoms with E-state index in [0.717, 1.165) is 25.9 Å². The molecule has 1 N–H and O–H groups in total. The van der Waals surface area contributed by atoms with Crippen molar-refractivity contribution in [2.45, 2.75) is 19.8 Å². The minimum atomic E-state index is 0.213. The lowest BCUT2D eigenvalue weighted by molar-refractivity contribution is 0.826. The summed E-state index contributed by atoms with van der Waals surface area (Å²) in [6.07, 6.45) is 1.93. The second-order valence-electron chi connectivity index (χ2n) is 4.81. The molecule has 2 rings (SSSR count). The van der Waals surface area contributed by atoms with Gasteiger partial charge in [-0.2, -0.15) is 15.0 Å². The first-order valence-electron chi connectivity index (χ1n) is 7.09. The minimum Gasteiger partial charge on any atom is -0.354 e. The van der Waals surface area contributed by atoms with Gasteiger partial charge in [0.25, 0.3) is 0 Å². The fraction of sp³-hybridized carbons (Fsp3) is 0.400. The second kappa shape index (κ2) is 7.78. The minimum absolute atomic E-state index is 0.213. The monoisotopic (exact) mass is 305 g/mol. The average Bonchev–Trinajstić information content (AvgIpc) is 2.51. The number of likely N-dealkylation sites (N-methyl/N-ethyl adjacent to an activating group) is 1. The Morgan fingerprint density at radius 3 is 2.62 bits per heavy atom. The van der Waals surface area contributed by atoms with Crippen LogP contribution in [0.2, 0.25) is 5.28 Å². The number of hydrogen-bond acceptors (Lipinski definition) is 5. The highest BCUT2D eigenvalue weighted by Crippen LogP contribution is 2.13. The molecule has 0 radical (unpaired) electrons. The molecule has 1 aromatic heterocycles. The van der Waals surface area contributed by atoms with E-state index in [1.165, 1.54) is 5.56 Å². The molecule has 0 saturated heterocycles. The van der Waals surface area contributed by atoms with Crippen LogP contribution in [-0.4, -0.2) is 35.1 Å². The van der Waals surface area contributed by atoms with Crippen molar-refractivity contribution in [2.24, 2.45) is 0 Å². The normalized spacial score (nSPS) is 10.4. The molecule has 21 heavy (non-hydrogen) atoms. The van der Waals surface area contributed by atoms with Crippen molar-refractivity contribution in [3.63, 3.8) is 0 Å². The van der Waals surface area contributed by atoms with Gasteiger partial charge in [0, 0.05) is 20.1 Å². The summed E-state index contributed by atoms with van der Waals surface area (Å²) in [5.41, 5.74) is 1.29. The van der Waals surface area contributed by atoms with Gasteiger partial charge in [0.1, 0.15) is 0 Å². The Bertz CT molecular complexity index is 561. The number of nitrogens with zero attached hydrogens (tertiary/aromatic N) is 4. The van der Waals surface area contributed by atoms with E-state index in [-0.39, 0.29) is 5.28 Å². The van der Waals surface area contributed by atoms with Crippen molar-refractivity contribution in [2.75, 3.05) is 30.4 Å². The summed E-state index contributed by atoms with van der Waals surface area (Å²) < 4.78 is 0. The van der Waals surface area contributed by atoms with Crippen LogP contribution < -0.4 is 10.2 Å². The molecular weight excluding hydrogens is 286 g/mol. The first kappa shape index (κ1) is 15.5. The maximum Gasteiger partial charge on any atom is 0.231 e. The Labute approximate surface area is 130 Å². The summed E-state index contributed by atoms with van der Waals surface area (Å²) in [4.78, 5) is 14.6. The fourth-order valence-electron chi connectivity index (χ4n) is 1.87. The van der Waals surface area contributed by atoms with Gasteiger partial charge in [-0.25, -0.2) is 0 Å². The quantitative estimate of drug-likeness (QED) is 0.852. The lowest BCUT2D eigenvalue weighted by Crippen LogP contribution is -2.23. The van der Waals surface area contributed by atoms with E-state index in [1.807, 2.05) is 30.1 Å². The van der Waals surface area contributed by atoms with Crippen LogP contribution in [0.4, 0.5) is 11.9 Å². The summed E-state index contributed by atoms with van der Waals surface area (Å²) in [6.45, 7) is 3.72. The Hall–Kier alpha value is -1.88. The zero-order valence-electron chi connectivity index (χ0n) is 12.4. The maximum atomic E-state index is 5.96. The van der Waals surface area contributed by atoms with E-state index in [0.29, 0.717) is 11.9 Å². The van der Waals surface area contributed by atoms with Gasteiger partial charge in [-0.1, -0.05) is 37.3 Å². The van der Waals surface area contributed by atoms with Crippen molar-refractivity contribution in [1.82, 2.24) is 15.0 Å². The van der Waals surface area contributed by atoms with Crippen LogP contribution in [0.5, 0.6) is 0 Å². The summed E-state index contributed by atoms with van der Waals surface area (Å²) in [7, 11) is 1.96. The average molecular weight is 306 g/mol. The predicted octanol–water partition coefficient (Wildman–Crippen LogP) is 3.03. The third-order valence-electron chi connectivity index (χ3n) is 3.05. The first-order chi connectivity index (χ1) is 10.2. The third kappa shape index (κ3) is 4.86. The van der Waals surface area contributed by atoms with Gasteiger partial charge in [0.15, 0.2) is 0 Å². The smallest absolute Gasteiger partial charge is 0.231 e. The largest absolute Gasteiger partial charge is 0.354 e. The van der Waals surface area contributed by atoms with E-state index in [2.05, 4.69) is 39.3 Å². The molecule has 0 aliphatic rings. The molecule has 1 heterocycles. The highest BCUT2D eigenvalue weighted by molar-refractivity contribution is 6.28. The molecule has 0 aliphatic carbocycles. The highest BCUT2D eigenvalue weighted by atomic mass is 35.5. The summed E-state index contributed by atoms with van der Waals surface area (Å²) >= 11 is 5.96. The van der Waals surface area contributed by atoms with Gasteiger partial charge >= 0.3 is 0 Å². The number of aromatic nitrogens is 3. The highest BCUT2D eigenvalue weighted by Gasteiger charge is 2.09. The Morgan fingerprint density at radius 1 is 1.14 bits per heavy atom. The molecule has 1 aromatic carbocycles. The topological polar surface area (TPSA) is 53.9 Å². The van der Waals surface area contributed by atoms with Crippen LogP contribution in [0.3, 0.4) is 0 Å². The number of halogens is 1. The molecule has 6 heteroatoms. The first-order valence-corrected chi connectivity index (χ1v) is 7.47. The second-order valence-corrected chi connectivity index (χ2v) is 5.15. The molecule has 0 saturated carbocycles. The summed E-state index contributed by atoms with van der Waals surface area (Å²) in [5, 5.41) is 3.34. The van der Waals surface area contributed by atoms with Gasteiger partial charge in [0.05, 0.1) is 0 Å². The lowest BCUT2D eigenvalue weighted by atomic mass is 10.1. The van der Waals surface area contributed by atoms with Crippen LogP contribution in [0.1, 0.15) is 18.9 Å². The van der Waals surface area contributed by atoms with Crippen LogP contribution in [-0.2, 0) is 6.42 Å². The van der Waals surface area contributed by atoms with Crippen LogP contribution in [0, 0.1) is 0 Å². The van der Waals surface area contributed by atoms with Gasteiger partial charge < -0.3 is 10.2 Å². The Balaban J connectivity index is 2.01. The molecule has 0 bridgehead atoms. The van der Waals surface area contributed by atoms with Crippen molar-refractivity contribution < 1.29 is 0 Å². The lowest BCUT2D eigenvalue weighted by Gasteiger charge is -2.17. The number of rotatable bonds is 7. The van der Waals surface area contributed by atoms with Gasteiger partial charge in [-0.3, -0.25) is 0 Å². The molecule has 0 unspecified atom stereocenters. The van der Waals surface area contributed by atoms with Gasteiger partial charge in [-0.05, 0) is 30.0 Å². The molecular formula is C15H20ClN5. The summed E-state index contributed by atoms with van der Waals surface area (Å²) in [5.74, 6) is 1.11. The number of nitrogens with one attached hydrogen (secondary N) is 1. The zero-order valence-corrected chi connectivity index (χ0v) is 13.1. The fourth-order valence-corrected chi connectivity index (χ4v) is 2.02. The number of benzene rings is 1. The molecule has 0 atom stereocenters. The molecule has 0 amide bonds. The van der Waals surface area contributed by atoms with E-state index < -0.39 is 0 Å². The van der Waals surface area contributed by atoms with Crippen molar-refractivity contribution in [3.05, 3.63) is 41.2 Å². The molecule has 2 aromatic rings. The van der Waals surface area contributed by atoms with Crippen LogP contribution in [0.15, 0.2) is 30.3 Å². The maximum absolute atomic E-state index is 5.96. The summed E-state index contributed by atoms with van der Waals surface area (Å²) in [6, 6.07) is 10.3. The Morgan fingerprint density at radius 2 is 1.90 bits per heavy atom. The number of hydrogen-bond donors (Lipinski definition) is 1. The van der Waals surface area contributed by atoms with Crippen molar-refractivity contribution in [1.29, 1.82) is 0 Å². The van der Waals surface area contributed by atoms with Crippen LogP contribution >= 0.6 is 11.6 Å². The Kier molecular flexibility index (Phi) is 5.75. The van der Waals surface area contributed by atoms with Gasteiger partial charge in [0.2, 0.25) is 17.2 Å². The number of anilines is 2. The molecule has 0 spiro atoms. The van der Waals surface area contributed by atoms with Crippen LogP contribution in [0.25, 0.3) is 0 Å². The van der Waals surface area contributed by atoms with Crippen molar-refractivity contribution in [3.8, 4) is 0 Å². The molecule has 5 nitrogen and oxygen atoms in total. The van der Waals surface area contributed by atoms with Gasteiger partial charge in [-0.15, -0.1) is 0 Å². The van der Waals surface area contributed by atoms with E-state index in [4.69, 9.17) is 11.6 Å². The zero-order chi connectivity index (χ0) is 15.1. The third-order valence-corrected chi connectivity index (χ3v) is 3.22. The predicted molar refractivity (Wildman–Crippen MR) is 87.0 cm³/mol. The molecule has 0 aliphatic heterocycles. The SMILES string of the molecule is CCCNc1nc(Cl)nc(N(C)CCc2ccccc2)n1. The molecule has 112 valence electrons. The van der Waals surface area contributed by atoms with Crippen molar-refractivity contribution >= 4 is 23.5 Å². The van der Waals surface area contributed by atoms with E-state index in [9.17, 15) is 0 Å². The molecule has 0 fully saturated rings. The van der Waals surface area contributed by atoms with E-state index in [1.54, 1.807) is 0 Å².